The number of amides is 1. The maximum absolute atomic E-state index is 12.7. The number of aromatic nitrogens is 3. The average molecular weight is 352 g/mol. The van der Waals surface area contributed by atoms with E-state index in [1.807, 2.05) is 26.0 Å². The molecule has 0 saturated heterocycles. The molecular weight excluding hydrogens is 332 g/mol. The van der Waals surface area contributed by atoms with Crippen molar-refractivity contribution in [1.29, 1.82) is 0 Å². The molecule has 26 heavy (non-hydrogen) atoms. The molecule has 7 nitrogen and oxygen atoms in total. The van der Waals surface area contributed by atoms with Crippen LogP contribution in [0.1, 0.15) is 28.4 Å². The van der Waals surface area contributed by atoms with E-state index in [9.17, 15) is 14.4 Å². The van der Waals surface area contributed by atoms with Gasteiger partial charge >= 0.3 is 5.69 Å². The summed E-state index contributed by atoms with van der Waals surface area (Å²) < 4.78 is 2.32. The monoisotopic (exact) mass is 352 g/mol. The molecule has 0 spiro atoms. The quantitative estimate of drug-likeness (QED) is 0.778. The largest absolute Gasteiger partial charge is 0.332 e. The Balaban J connectivity index is 2.24. The number of nitrogens with one attached hydrogen (secondary N) is 1. The molecule has 0 atom stereocenters. The molecule has 1 amide bonds. The molecule has 0 bridgehead atoms. The van der Waals surface area contributed by atoms with Gasteiger partial charge in [0.05, 0.1) is 5.69 Å². The molecular formula is C19H20N4O3. The van der Waals surface area contributed by atoms with Crippen molar-refractivity contribution in [2.45, 2.75) is 20.3 Å². The zero-order valence-electron chi connectivity index (χ0n) is 15.2. The normalized spacial score (nSPS) is 10.9. The van der Waals surface area contributed by atoms with E-state index in [2.05, 4.69) is 10.3 Å². The second-order valence-corrected chi connectivity index (χ2v) is 6.24. The van der Waals surface area contributed by atoms with Gasteiger partial charge in [0.15, 0.2) is 5.65 Å². The summed E-state index contributed by atoms with van der Waals surface area (Å²) in [5.41, 5.74) is 1.97. The van der Waals surface area contributed by atoms with Gasteiger partial charge in [-0.2, -0.15) is 0 Å². The SMILES string of the molecule is CCc1cnc2c(c1NC(=O)c1ccc(C)cc1)c(=O)n(C)c(=O)n2C. The minimum absolute atomic E-state index is 0.231. The van der Waals surface area contributed by atoms with E-state index < -0.39 is 11.2 Å². The summed E-state index contributed by atoms with van der Waals surface area (Å²) in [6.07, 6.45) is 2.17. The summed E-state index contributed by atoms with van der Waals surface area (Å²) in [6, 6.07) is 7.16. The highest BCUT2D eigenvalue weighted by atomic mass is 16.2. The third-order valence-electron chi connectivity index (χ3n) is 4.48. The first-order valence-electron chi connectivity index (χ1n) is 8.30. The number of hydrogen-bond donors (Lipinski definition) is 1. The number of fused-ring (bicyclic) bond motifs is 1. The molecule has 0 radical (unpaired) electrons. The lowest BCUT2D eigenvalue weighted by atomic mass is 10.1. The Morgan fingerprint density at radius 1 is 1.12 bits per heavy atom. The molecule has 1 N–H and O–H groups in total. The number of carbonyl (C=O) groups is 1. The van der Waals surface area contributed by atoms with E-state index in [0.717, 1.165) is 15.7 Å². The van der Waals surface area contributed by atoms with Crippen LogP contribution in [0.3, 0.4) is 0 Å². The number of benzene rings is 1. The highest BCUT2D eigenvalue weighted by Gasteiger charge is 2.18. The van der Waals surface area contributed by atoms with Gasteiger partial charge in [-0.05, 0) is 31.0 Å². The molecule has 2 heterocycles. The van der Waals surface area contributed by atoms with E-state index in [0.29, 0.717) is 17.7 Å². The number of nitrogens with zero attached hydrogens (tertiary/aromatic N) is 3. The van der Waals surface area contributed by atoms with Crippen LogP contribution in [0.4, 0.5) is 5.69 Å². The number of rotatable bonds is 3. The Labute approximate surface area is 149 Å². The van der Waals surface area contributed by atoms with Gasteiger partial charge in [-0.1, -0.05) is 24.6 Å². The van der Waals surface area contributed by atoms with E-state index >= 15 is 0 Å². The van der Waals surface area contributed by atoms with Crippen molar-refractivity contribution in [2.24, 2.45) is 14.1 Å². The van der Waals surface area contributed by atoms with Crippen LogP contribution in [-0.4, -0.2) is 20.0 Å². The van der Waals surface area contributed by atoms with Gasteiger partial charge in [0.1, 0.15) is 5.39 Å². The summed E-state index contributed by atoms with van der Waals surface area (Å²) in [4.78, 5) is 41.8. The van der Waals surface area contributed by atoms with Crippen molar-refractivity contribution in [3.05, 3.63) is 68.0 Å². The molecule has 0 fully saturated rings. The van der Waals surface area contributed by atoms with Crippen molar-refractivity contribution < 1.29 is 4.79 Å². The van der Waals surface area contributed by atoms with Crippen LogP contribution >= 0.6 is 0 Å². The zero-order valence-corrected chi connectivity index (χ0v) is 15.2. The highest BCUT2D eigenvalue weighted by Crippen LogP contribution is 2.23. The second-order valence-electron chi connectivity index (χ2n) is 6.24. The summed E-state index contributed by atoms with van der Waals surface area (Å²) in [5.74, 6) is -0.317. The molecule has 0 aliphatic heterocycles. The Morgan fingerprint density at radius 3 is 2.38 bits per heavy atom. The Bertz CT molecular complexity index is 1120. The smallest absolute Gasteiger partial charge is 0.321 e. The van der Waals surface area contributed by atoms with Crippen molar-refractivity contribution in [2.75, 3.05) is 5.32 Å². The number of carbonyl (C=O) groups excluding carboxylic acids is 1. The van der Waals surface area contributed by atoms with Gasteiger partial charge in [0, 0.05) is 25.9 Å². The predicted molar refractivity (Wildman–Crippen MR) is 101 cm³/mol. The number of anilines is 1. The van der Waals surface area contributed by atoms with Gasteiger partial charge in [-0.25, -0.2) is 9.78 Å². The molecule has 3 rings (SSSR count). The van der Waals surface area contributed by atoms with Crippen molar-refractivity contribution in [3.8, 4) is 0 Å². The van der Waals surface area contributed by atoms with Crippen LogP contribution in [0.5, 0.6) is 0 Å². The summed E-state index contributed by atoms with van der Waals surface area (Å²) >= 11 is 0. The van der Waals surface area contributed by atoms with Crippen LogP contribution < -0.4 is 16.6 Å². The van der Waals surface area contributed by atoms with E-state index in [1.165, 1.54) is 11.6 Å². The first-order valence-corrected chi connectivity index (χ1v) is 8.30. The third-order valence-corrected chi connectivity index (χ3v) is 4.48. The predicted octanol–water partition coefficient (Wildman–Crippen LogP) is 1.76. The van der Waals surface area contributed by atoms with Crippen LogP contribution in [0.25, 0.3) is 11.0 Å². The minimum Gasteiger partial charge on any atom is -0.321 e. The molecule has 0 unspecified atom stereocenters. The third kappa shape index (κ3) is 2.81. The summed E-state index contributed by atoms with van der Waals surface area (Å²) in [7, 11) is 2.96. The van der Waals surface area contributed by atoms with Crippen molar-refractivity contribution in [1.82, 2.24) is 14.1 Å². The Morgan fingerprint density at radius 2 is 1.77 bits per heavy atom. The second kappa shape index (κ2) is 6.59. The lowest BCUT2D eigenvalue weighted by Crippen LogP contribution is -2.38. The topological polar surface area (TPSA) is 86.0 Å². The summed E-state index contributed by atoms with van der Waals surface area (Å²) in [5, 5.41) is 3.08. The van der Waals surface area contributed by atoms with Gasteiger partial charge in [0.25, 0.3) is 11.5 Å². The Kier molecular flexibility index (Phi) is 4.46. The molecule has 0 aliphatic rings. The van der Waals surface area contributed by atoms with Gasteiger partial charge < -0.3 is 5.32 Å². The Hall–Kier alpha value is -3.22. The minimum atomic E-state index is -0.481. The highest BCUT2D eigenvalue weighted by molar-refractivity contribution is 6.08. The first-order chi connectivity index (χ1) is 12.3. The van der Waals surface area contributed by atoms with Crippen LogP contribution in [0, 0.1) is 6.92 Å². The lowest BCUT2D eigenvalue weighted by Gasteiger charge is -2.15. The molecule has 2 aromatic heterocycles. The molecule has 134 valence electrons. The zero-order chi connectivity index (χ0) is 19.0. The van der Waals surface area contributed by atoms with E-state index in [-0.39, 0.29) is 16.9 Å². The van der Waals surface area contributed by atoms with E-state index in [4.69, 9.17) is 0 Å². The number of aryl methyl sites for hydroxylation is 3. The molecule has 7 heteroatoms. The van der Waals surface area contributed by atoms with Crippen LogP contribution in [-0.2, 0) is 20.5 Å². The van der Waals surface area contributed by atoms with E-state index in [1.54, 1.807) is 25.4 Å². The lowest BCUT2D eigenvalue weighted by molar-refractivity contribution is 0.102. The maximum Gasteiger partial charge on any atom is 0.332 e. The maximum atomic E-state index is 12.7. The first kappa shape index (κ1) is 17.6. The average Bonchev–Trinajstić information content (AvgIpc) is 2.64. The number of pyridine rings is 1. The van der Waals surface area contributed by atoms with Gasteiger partial charge in [-0.15, -0.1) is 0 Å². The number of hydrogen-bond acceptors (Lipinski definition) is 4. The fourth-order valence-corrected chi connectivity index (χ4v) is 2.87. The van der Waals surface area contributed by atoms with Crippen LogP contribution in [0.15, 0.2) is 40.1 Å². The summed E-state index contributed by atoms with van der Waals surface area (Å²) in [6.45, 7) is 3.86. The fourth-order valence-electron chi connectivity index (χ4n) is 2.87. The standard InChI is InChI=1S/C19H20N4O3/c1-5-12-10-20-16-14(18(25)23(4)19(26)22(16)3)15(12)21-17(24)13-8-6-11(2)7-9-13/h6-10H,5H2,1-4H3,(H,20,21,24). The molecule has 0 saturated carbocycles. The fraction of sp³-hybridized carbons (Fsp3) is 0.263. The molecule has 0 aliphatic carbocycles. The van der Waals surface area contributed by atoms with Gasteiger partial charge in [-0.3, -0.25) is 18.7 Å². The molecule has 1 aromatic carbocycles. The van der Waals surface area contributed by atoms with Crippen molar-refractivity contribution >= 4 is 22.6 Å². The van der Waals surface area contributed by atoms with Crippen molar-refractivity contribution in [3.63, 3.8) is 0 Å². The van der Waals surface area contributed by atoms with Crippen LogP contribution in [0.2, 0.25) is 0 Å². The molecule has 3 aromatic rings. The van der Waals surface area contributed by atoms with Gasteiger partial charge in [0.2, 0.25) is 0 Å².